The molecule has 1 aromatic rings. The SMILES string of the molecule is C[C@@H]1[C@@H](c2ccccc2)OCN1C. The van der Waals surface area contributed by atoms with Gasteiger partial charge in [0.1, 0.15) is 0 Å². The summed E-state index contributed by atoms with van der Waals surface area (Å²) >= 11 is 0. The minimum Gasteiger partial charge on any atom is -0.357 e. The predicted octanol–water partition coefficient (Wildman–Crippen LogP) is 2.04. The monoisotopic (exact) mass is 177 g/mol. The van der Waals surface area contributed by atoms with Crippen molar-refractivity contribution in [1.82, 2.24) is 4.90 Å². The van der Waals surface area contributed by atoms with Crippen LogP contribution >= 0.6 is 0 Å². The lowest BCUT2D eigenvalue weighted by Gasteiger charge is -2.17. The Morgan fingerprint density at radius 3 is 2.54 bits per heavy atom. The third-order valence-electron chi connectivity index (χ3n) is 2.72. The molecule has 70 valence electrons. The van der Waals surface area contributed by atoms with Crippen molar-refractivity contribution in [1.29, 1.82) is 0 Å². The van der Waals surface area contributed by atoms with Gasteiger partial charge in [-0.05, 0) is 19.5 Å². The van der Waals surface area contributed by atoms with Crippen LogP contribution in [-0.2, 0) is 4.74 Å². The Labute approximate surface area is 79.1 Å². The van der Waals surface area contributed by atoms with Crippen LogP contribution < -0.4 is 0 Å². The fourth-order valence-corrected chi connectivity index (χ4v) is 1.70. The molecule has 1 aliphatic rings. The number of nitrogens with zero attached hydrogens (tertiary/aromatic N) is 1. The molecule has 2 nitrogen and oxygen atoms in total. The van der Waals surface area contributed by atoms with Crippen molar-refractivity contribution in [2.75, 3.05) is 13.8 Å². The Kier molecular flexibility index (Phi) is 2.34. The molecule has 0 bridgehead atoms. The smallest absolute Gasteiger partial charge is 0.1000 e. The van der Waals surface area contributed by atoms with Crippen LogP contribution in [0.3, 0.4) is 0 Å². The van der Waals surface area contributed by atoms with Gasteiger partial charge in [-0.2, -0.15) is 0 Å². The van der Waals surface area contributed by atoms with Crippen LogP contribution in [0.1, 0.15) is 18.6 Å². The largest absolute Gasteiger partial charge is 0.357 e. The van der Waals surface area contributed by atoms with Gasteiger partial charge in [-0.1, -0.05) is 30.3 Å². The number of hydrogen-bond acceptors (Lipinski definition) is 2. The molecule has 2 rings (SSSR count). The van der Waals surface area contributed by atoms with E-state index >= 15 is 0 Å². The zero-order chi connectivity index (χ0) is 9.26. The number of benzene rings is 1. The normalized spacial score (nSPS) is 29.4. The average molecular weight is 177 g/mol. The Balaban J connectivity index is 2.19. The van der Waals surface area contributed by atoms with Crippen LogP contribution in [0.15, 0.2) is 30.3 Å². The first kappa shape index (κ1) is 8.73. The highest BCUT2D eigenvalue weighted by atomic mass is 16.5. The topological polar surface area (TPSA) is 12.5 Å². The van der Waals surface area contributed by atoms with Crippen molar-refractivity contribution in [2.45, 2.75) is 19.1 Å². The predicted molar refractivity (Wildman–Crippen MR) is 52.4 cm³/mol. The third kappa shape index (κ3) is 1.60. The van der Waals surface area contributed by atoms with Gasteiger partial charge in [0.05, 0.1) is 12.8 Å². The van der Waals surface area contributed by atoms with E-state index in [0.717, 1.165) is 6.73 Å². The van der Waals surface area contributed by atoms with Crippen LogP contribution in [-0.4, -0.2) is 24.7 Å². The van der Waals surface area contributed by atoms with E-state index in [-0.39, 0.29) is 6.10 Å². The summed E-state index contributed by atoms with van der Waals surface area (Å²) in [7, 11) is 2.09. The number of hydrogen-bond donors (Lipinski definition) is 0. The lowest BCUT2D eigenvalue weighted by atomic mass is 10.0. The lowest BCUT2D eigenvalue weighted by molar-refractivity contribution is 0.0933. The molecule has 0 amide bonds. The molecule has 1 aliphatic heterocycles. The van der Waals surface area contributed by atoms with E-state index in [1.807, 2.05) is 6.07 Å². The van der Waals surface area contributed by atoms with Gasteiger partial charge in [-0.25, -0.2) is 0 Å². The summed E-state index contributed by atoms with van der Waals surface area (Å²) in [5.41, 5.74) is 1.28. The van der Waals surface area contributed by atoms with Crippen molar-refractivity contribution >= 4 is 0 Å². The van der Waals surface area contributed by atoms with Gasteiger partial charge >= 0.3 is 0 Å². The molecule has 1 aromatic carbocycles. The zero-order valence-corrected chi connectivity index (χ0v) is 8.10. The fourth-order valence-electron chi connectivity index (χ4n) is 1.70. The van der Waals surface area contributed by atoms with Crippen LogP contribution in [0.4, 0.5) is 0 Å². The molecule has 2 atom stereocenters. The fraction of sp³-hybridized carbons (Fsp3) is 0.455. The highest BCUT2D eigenvalue weighted by molar-refractivity contribution is 5.19. The number of rotatable bonds is 1. The molecule has 0 spiro atoms. The Morgan fingerprint density at radius 2 is 2.00 bits per heavy atom. The second-order valence-electron chi connectivity index (χ2n) is 3.62. The molecular formula is C11H15NO. The Bertz CT molecular complexity index is 273. The summed E-state index contributed by atoms with van der Waals surface area (Å²) in [6, 6.07) is 10.9. The second kappa shape index (κ2) is 3.48. The maximum atomic E-state index is 5.69. The zero-order valence-electron chi connectivity index (χ0n) is 8.10. The molecule has 13 heavy (non-hydrogen) atoms. The summed E-state index contributed by atoms with van der Waals surface area (Å²) in [4.78, 5) is 2.22. The van der Waals surface area contributed by atoms with Crippen molar-refractivity contribution in [3.8, 4) is 0 Å². The van der Waals surface area contributed by atoms with Gasteiger partial charge in [0.2, 0.25) is 0 Å². The van der Waals surface area contributed by atoms with E-state index in [1.54, 1.807) is 0 Å². The lowest BCUT2D eigenvalue weighted by Crippen LogP contribution is -2.24. The van der Waals surface area contributed by atoms with Gasteiger partial charge in [0.25, 0.3) is 0 Å². The maximum Gasteiger partial charge on any atom is 0.1000 e. The summed E-state index contributed by atoms with van der Waals surface area (Å²) in [5, 5.41) is 0. The van der Waals surface area contributed by atoms with Crippen molar-refractivity contribution in [3.63, 3.8) is 0 Å². The van der Waals surface area contributed by atoms with Crippen molar-refractivity contribution in [2.24, 2.45) is 0 Å². The second-order valence-corrected chi connectivity index (χ2v) is 3.62. The number of likely N-dealkylation sites (N-methyl/N-ethyl adjacent to an activating group) is 1. The molecule has 1 fully saturated rings. The maximum absolute atomic E-state index is 5.69. The number of ether oxygens (including phenoxy) is 1. The Morgan fingerprint density at radius 1 is 1.31 bits per heavy atom. The van der Waals surface area contributed by atoms with Gasteiger partial charge in [0.15, 0.2) is 0 Å². The third-order valence-corrected chi connectivity index (χ3v) is 2.72. The van der Waals surface area contributed by atoms with E-state index < -0.39 is 0 Å². The standard InChI is InChI=1S/C11H15NO/c1-9-11(13-8-12(9)2)10-6-4-3-5-7-10/h3-7,9,11H,8H2,1-2H3/t9-,11+/m1/s1. The quantitative estimate of drug-likeness (QED) is 0.651. The molecule has 0 aliphatic carbocycles. The molecule has 0 unspecified atom stereocenters. The summed E-state index contributed by atoms with van der Waals surface area (Å²) < 4.78 is 5.69. The molecule has 1 heterocycles. The van der Waals surface area contributed by atoms with Crippen LogP contribution in [0.5, 0.6) is 0 Å². The Hall–Kier alpha value is -0.860. The van der Waals surface area contributed by atoms with Gasteiger partial charge in [-0.15, -0.1) is 0 Å². The van der Waals surface area contributed by atoms with E-state index in [9.17, 15) is 0 Å². The van der Waals surface area contributed by atoms with Crippen LogP contribution in [0, 0.1) is 0 Å². The van der Waals surface area contributed by atoms with Crippen LogP contribution in [0.25, 0.3) is 0 Å². The minimum atomic E-state index is 0.242. The first-order chi connectivity index (χ1) is 6.29. The average Bonchev–Trinajstić information content (AvgIpc) is 2.49. The molecule has 1 saturated heterocycles. The minimum absolute atomic E-state index is 0.242. The van der Waals surface area contributed by atoms with Gasteiger partial charge in [0, 0.05) is 6.04 Å². The van der Waals surface area contributed by atoms with Crippen molar-refractivity contribution in [3.05, 3.63) is 35.9 Å². The highest BCUT2D eigenvalue weighted by Crippen LogP contribution is 2.29. The van der Waals surface area contributed by atoms with Gasteiger partial charge < -0.3 is 4.74 Å². The molecule has 0 N–H and O–H groups in total. The van der Waals surface area contributed by atoms with Crippen LogP contribution in [0.2, 0.25) is 0 Å². The summed E-state index contributed by atoms with van der Waals surface area (Å²) in [6.45, 7) is 2.94. The summed E-state index contributed by atoms with van der Waals surface area (Å²) in [6.07, 6.45) is 0.242. The molecule has 0 aromatic heterocycles. The highest BCUT2D eigenvalue weighted by Gasteiger charge is 2.29. The van der Waals surface area contributed by atoms with E-state index in [0.29, 0.717) is 6.04 Å². The molecular weight excluding hydrogens is 162 g/mol. The van der Waals surface area contributed by atoms with E-state index in [4.69, 9.17) is 4.74 Å². The van der Waals surface area contributed by atoms with Crippen molar-refractivity contribution < 1.29 is 4.74 Å². The van der Waals surface area contributed by atoms with E-state index in [1.165, 1.54) is 5.56 Å². The molecule has 2 heteroatoms. The van der Waals surface area contributed by atoms with Gasteiger partial charge in [-0.3, -0.25) is 4.90 Å². The molecule has 0 radical (unpaired) electrons. The first-order valence-corrected chi connectivity index (χ1v) is 4.66. The summed E-state index contributed by atoms with van der Waals surface area (Å²) in [5.74, 6) is 0. The first-order valence-electron chi connectivity index (χ1n) is 4.66. The molecule has 0 saturated carbocycles. The van der Waals surface area contributed by atoms with E-state index in [2.05, 4.69) is 43.1 Å².